The Morgan fingerprint density at radius 3 is 1.24 bits per heavy atom. The first-order chi connectivity index (χ1) is 16.2. The molecule has 0 fully saturated rings. The van der Waals surface area contributed by atoms with Gasteiger partial charge < -0.3 is 0 Å². The molecule has 0 radical (unpaired) electrons. The van der Waals surface area contributed by atoms with E-state index in [-0.39, 0.29) is 11.8 Å². The summed E-state index contributed by atoms with van der Waals surface area (Å²) in [5.41, 5.74) is 6.72. The van der Waals surface area contributed by atoms with E-state index in [0.717, 1.165) is 10.1 Å². The molecule has 160 valence electrons. The molecule has 0 N–H and O–H groups in total. The van der Waals surface area contributed by atoms with Gasteiger partial charge >= 0.3 is 0 Å². The maximum atomic E-state index is 7.18. The molecular weight excluding hydrogens is 443 g/mol. The lowest BCUT2D eigenvalue weighted by molar-refractivity contribution is 0.415. The van der Waals surface area contributed by atoms with Crippen LogP contribution >= 0.6 is 23.2 Å². The Hall–Kier alpha value is -3.06. The number of halogens is 2. The minimum atomic E-state index is -0.525. The predicted octanol–water partition coefficient (Wildman–Crippen LogP) is 8.73. The molecule has 0 saturated carbocycles. The molecule has 0 amide bonds. The van der Waals surface area contributed by atoms with E-state index in [0.29, 0.717) is 0 Å². The lowest BCUT2D eigenvalue weighted by atomic mass is 9.56. The summed E-state index contributed by atoms with van der Waals surface area (Å²) in [6, 6.07) is 38.6. The Balaban J connectivity index is 1.75. The van der Waals surface area contributed by atoms with Crippen molar-refractivity contribution in [2.24, 2.45) is 0 Å². The monoisotopic (exact) mass is 464 g/mol. The van der Waals surface area contributed by atoms with Crippen molar-refractivity contribution < 1.29 is 0 Å². The molecule has 4 aromatic carbocycles. The van der Waals surface area contributed by atoms with Crippen LogP contribution in [0, 0.1) is 0 Å². The number of rotatable bonds is 4. The van der Waals surface area contributed by atoms with Crippen LogP contribution in [-0.2, 0) is 5.41 Å². The van der Waals surface area contributed by atoms with Crippen LogP contribution in [0.25, 0.3) is 12.2 Å². The average Bonchev–Trinajstić information content (AvgIpc) is 3.38. The highest BCUT2D eigenvalue weighted by atomic mass is 35.5. The third-order valence-electron chi connectivity index (χ3n) is 7.17. The smallest absolute Gasteiger partial charge is 0.0438 e. The fraction of sp³-hybridized carbons (Fsp3) is 0.0968. The summed E-state index contributed by atoms with van der Waals surface area (Å²) in [4.78, 5) is 0. The van der Waals surface area contributed by atoms with Gasteiger partial charge in [0.15, 0.2) is 0 Å². The van der Waals surface area contributed by atoms with E-state index in [4.69, 9.17) is 23.2 Å². The van der Waals surface area contributed by atoms with Gasteiger partial charge in [-0.05, 0) is 45.5 Å². The van der Waals surface area contributed by atoms with Crippen molar-refractivity contribution in [2.75, 3.05) is 0 Å². The highest BCUT2D eigenvalue weighted by Gasteiger charge is 2.54. The van der Waals surface area contributed by atoms with Crippen LogP contribution in [0.5, 0.6) is 0 Å². The van der Waals surface area contributed by atoms with Crippen molar-refractivity contribution in [1.82, 2.24) is 0 Å². The van der Waals surface area contributed by atoms with Gasteiger partial charge in [0, 0.05) is 27.3 Å². The Bertz CT molecular complexity index is 1270. The number of benzene rings is 4. The summed E-state index contributed by atoms with van der Waals surface area (Å²) < 4.78 is 0. The first-order valence-corrected chi connectivity index (χ1v) is 12.0. The van der Waals surface area contributed by atoms with E-state index >= 15 is 0 Å². The summed E-state index contributed by atoms with van der Waals surface area (Å²) in [5, 5.41) is 1.69. The second kappa shape index (κ2) is 8.06. The summed E-state index contributed by atoms with van der Waals surface area (Å²) in [7, 11) is 0. The van der Waals surface area contributed by atoms with Gasteiger partial charge in [0.05, 0.1) is 0 Å². The molecule has 2 atom stereocenters. The fourth-order valence-electron chi connectivity index (χ4n) is 5.92. The largest absolute Gasteiger partial charge is 0.0884 e. The molecule has 0 bridgehead atoms. The van der Waals surface area contributed by atoms with Crippen LogP contribution in [-0.4, -0.2) is 0 Å². The molecule has 33 heavy (non-hydrogen) atoms. The first kappa shape index (κ1) is 20.5. The fourth-order valence-corrected chi connectivity index (χ4v) is 6.74. The van der Waals surface area contributed by atoms with Crippen LogP contribution in [0.1, 0.15) is 45.2 Å². The molecule has 0 aromatic heterocycles. The molecule has 0 heterocycles. The molecule has 2 heteroatoms. The van der Waals surface area contributed by atoms with Gasteiger partial charge in [0.1, 0.15) is 0 Å². The predicted molar refractivity (Wildman–Crippen MR) is 140 cm³/mol. The highest BCUT2D eigenvalue weighted by Crippen LogP contribution is 2.63. The molecule has 2 aliphatic rings. The second-order valence-electron chi connectivity index (χ2n) is 8.78. The SMILES string of the molecule is ClC1=Cc2ccccc2C1C(c1ccccc1)(c1ccccc1)C1C(Cl)=Cc2ccccc21. The van der Waals surface area contributed by atoms with E-state index in [2.05, 4.69) is 121 Å². The van der Waals surface area contributed by atoms with E-state index < -0.39 is 5.41 Å². The van der Waals surface area contributed by atoms with E-state index in [1.165, 1.54) is 33.4 Å². The molecule has 2 unspecified atom stereocenters. The van der Waals surface area contributed by atoms with Crippen molar-refractivity contribution in [3.63, 3.8) is 0 Å². The zero-order chi connectivity index (χ0) is 22.4. The lowest BCUT2D eigenvalue weighted by Crippen LogP contribution is -2.41. The molecule has 2 aliphatic carbocycles. The normalized spacial score (nSPS) is 19.0. The van der Waals surface area contributed by atoms with Crippen molar-refractivity contribution in [1.29, 1.82) is 0 Å². The van der Waals surface area contributed by atoms with Crippen molar-refractivity contribution in [3.8, 4) is 0 Å². The summed E-state index contributed by atoms with van der Waals surface area (Å²) in [6.07, 6.45) is 4.25. The van der Waals surface area contributed by atoms with Crippen LogP contribution in [0.15, 0.2) is 119 Å². The maximum absolute atomic E-state index is 7.18. The minimum absolute atomic E-state index is 0.0709. The Morgan fingerprint density at radius 2 is 0.818 bits per heavy atom. The minimum Gasteiger partial charge on any atom is -0.0884 e. The average molecular weight is 465 g/mol. The Labute approximate surface area is 204 Å². The molecule has 4 aromatic rings. The molecule has 0 saturated heterocycles. The van der Waals surface area contributed by atoms with Gasteiger partial charge in [-0.1, -0.05) is 132 Å². The molecule has 6 rings (SSSR count). The quantitative estimate of drug-likeness (QED) is 0.283. The van der Waals surface area contributed by atoms with Gasteiger partial charge in [-0.25, -0.2) is 0 Å². The standard InChI is InChI=1S/C31H22Cl2/c32-27-19-21-11-7-9-17-25(21)29(27)31(23-13-3-1-4-14-23,24-15-5-2-6-16-24)30-26-18-10-8-12-22(26)20-28(30)33/h1-20,29-30H. The van der Waals surface area contributed by atoms with Gasteiger partial charge in [-0.3, -0.25) is 0 Å². The van der Waals surface area contributed by atoms with Crippen LogP contribution in [0.4, 0.5) is 0 Å². The Kier molecular flexibility index (Phi) is 5.02. The van der Waals surface area contributed by atoms with Gasteiger partial charge in [-0.2, -0.15) is 0 Å². The number of fused-ring (bicyclic) bond motifs is 2. The van der Waals surface area contributed by atoms with E-state index in [1.54, 1.807) is 0 Å². The lowest BCUT2D eigenvalue weighted by Gasteiger charge is -2.46. The van der Waals surface area contributed by atoms with Crippen molar-refractivity contribution in [3.05, 3.63) is 153 Å². The molecule has 0 aliphatic heterocycles. The van der Waals surface area contributed by atoms with Crippen molar-refractivity contribution in [2.45, 2.75) is 17.3 Å². The highest BCUT2D eigenvalue weighted by molar-refractivity contribution is 6.34. The zero-order valence-electron chi connectivity index (χ0n) is 18.0. The maximum Gasteiger partial charge on any atom is 0.0438 e. The van der Waals surface area contributed by atoms with Crippen LogP contribution in [0.3, 0.4) is 0 Å². The van der Waals surface area contributed by atoms with E-state index in [9.17, 15) is 0 Å². The third-order valence-corrected chi connectivity index (χ3v) is 7.82. The third kappa shape index (κ3) is 3.05. The van der Waals surface area contributed by atoms with Gasteiger partial charge in [0.25, 0.3) is 0 Å². The van der Waals surface area contributed by atoms with Crippen LogP contribution < -0.4 is 0 Å². The first-order valence-electron chi connectivity index (χ1n) is 11.2. The van der Waals surface area contributed by atoms with Crippen molar-refractivity contribution >= 4 is 35.4 Å². The molecule has 0 nitrogen and oxygen atoms in total. The number of hydrogen-bond acceptors (Lipinski definition) is 0. The van der Waals surface area contributed by atoms with Gasteiger partial charge in [0.2, 0.25) is 0 Å². The van der Waals surface area contributed by atoms with E-state index in [1.807, 2.05) is 0 Å². The second-order valence-corrected chi connectivity index (χ2v) is 9.66. The summed E-state index contributed by atoms with van der Waals surface area (Å²) in [5.74, 6) is -0.142. The molecular formula is C31H22Cl2. The topological polar surface area (TPSA) is 0 Å². The van der Waals surface area contributed by atoms with Crippen LogP contribution in [0.2, 0.25) is 0 Å². The Morgan fingerprint density at radius 1 is 0.455 bits per heavy atom. The van der Waals surface area contributed by atoms with Gasteiger partial charge in [-0.15, -0.1) is 0 Å². The molecule has 0 spiro atoms. The summed E-state index contributed by atoms with van der Waals surface area (Å²) >= 11 is 14.4. The number of hydrogen-bond donors (Lipinski definition) is 0. The zero-order valence-corrected chi connectivity index (χ0v) is 19.5. The number of allylic oxidation sites excluding steroid dienone is 2. The summed E-state index contributed by atoms with van der Waals surface area (Å²) in [6.45, 7) is 0.